The van der Waals surface area contributed by atoms with Crippen LogP contribution in [0, 0.1) is 6.92 Å². The van der Waals surface area contributed by atoms with Crippen LogP contribution in [0.4, 0.5) is 5.69 Å². The van der Waals surface area contributed by atoms with Gasteiger partial charge in [-0.15, -0.1) is 0 Å². The number of rotatable bonds is 13. The highest BCUT2D eigenvalue weighted by Crippen LogP contribution is 2.36. The Labute approximate surface area is 260 Å². The molecule has 10 heteroatoms. The normalized spacial score (nSPS) is 15.1. The first-order chi connectivity index (χ1) is 21.2. The summed E-state index contributed by atoms with van der Waals surface area (Å²) in [4.78, 5) is 29.7. The van der Waals surface area contributed by atoms with Crippen LogP contribution in [-0.2, 0) is 32.6 Å². The molecule has 1 aliphatic heterocycles. The van der Waals surface area contributed by atoms with Gasteiger partial charge in [-0.3, -0.25) is 13.9 Å². The molecule has 2 aliphatic rings. The Morgan fingerprint density at radius 3 is 2.39 bits per heavy atom. The molecule has 1 fully saturated rings. The molecule has 1 aliphatic carbocycles. The number of sulfonamides is 1. The van der Waals surface area contributed by atoms with Crippen LogP contribution in [0.25, 0.3) is 0 Å². The standard InChI is InChI=1S/C34H41N3O6S/c1-25-11-6-7-14-27(25)23-36(30(21-26-12-4-3-5-13-26)34(39)35-28-15-8-9-16-28)33(38)17-10-20-37(44(2,40)41)29-18-19-31-32(22-29)43-24-42-31/h3-7,11-14,18-19,22,28,30H,8-10,15-17,20-21,23-24H2,1-2H3,(H,35,39)/t30-/m0/s1. The first kappa shape index (κ1) is 31.4. The zero-order chi connectivity index (χ0) is 31.1. The lowest BCUT2D eigenvalue weighted by molar-refractivity contribution is -0.141. The van der Waals surface area contributed by atoms with Gasteiger partial charge in [0, 0.05) is 38.0 Å². The van der Waals surface area contributed by atoms with Gasteiger partial charge in [-0.05, 0) is 55.0 Å². The molecule has 9 nitrogen and oxygen atoms in total. The summed E-state index contributed by atoms with van der Waals surface area (Å²) in [5, 5.41) is 3.23. The fourth-order valence-corrected chi connectivity index (χ4v) is 6.89. The van der Waals surface area contributed by atoms with E-state index in [-0.39, 0.29) is 50.6 Å². The van der Waals surface area contributed by atoms with Gasteiger partial charge in [0.15, 0.2) is 11.5 Å². The molecule has 0 radical (unpaired) electrons. The summed E-state index contributed by atoms with van der Waals surface area (Å²) in [6, 6.07) is 22.0. The number of nitrogens with one attached hydrogen (secondary N) is 1. The molecule has 0 saturated heterocycles. The van der Waals surface area contributed by atoms with Crippen molar-refractivity contribution in [1.82, 2.24) is 10.2 Å². The number of hydrogen-bond donors (Lipinski definition) is 1. The van der Waals surface area contributed by atoms with Crippen molar-refractivity contribution in [2.24, 2.45) is 0 Å². The van der Waals surface area contributed by atoms with Crippen molar-refractivity contribution in [1.29, 1.82) is 0 Å². The lowest BCUT2D eigenvalue weighted by Gasteiger charge is -2.33. The van der Waals surface area contributed by atoms with Crippen LogP contribution < -0.4 is 19.1 Å². The quantitative estimate of drug-likeness (QED) is 0.290. The Balaban J connectivity index is 1.38. The van der Waals surface area contributed by atoms with Crippen LogP contribution >= 0.6 is 0 Å². The van der Waals surface area contributed by atoms with E-state index in [4.69, 9.17) is 9.47 Å². The van der Waals surface area contributed by atoms with Gasteiger partial charge in [0.1, 0.15) is 6.04 Å². The van der Waals surface area contributed by atoms with E-state index in [1.807, 2.05) is 61.5 Å². The topological polar surface area (TPSA) is 105 Å². The average molecular weight is 620 g/mol. The van der Waals surface area contributed by atoms with E-state index in [0.29, 0.717) is 23.6 Å². The minimum atomic E-state index is -3.64. The monoisotopic (exact) mass is 619 g/mol. The molecule has 2 amide bonds. The highest BCUT2D eigenvalue weighted by Gasteiger charge is 2.32. The Bertz CT molecular complexity index is 1560. The minimum absolute atomic E-state index is 0.0739. The number of carbonyl (C=O) groups is 2. The third-order valence-electron chi connectivity index (χ3n) is 8.37. The largest absolute Gasteiger partial charge is 0.454 e. The van der Waals surface area contributed by atoms with E-state index in [1.54, 1.807) is 23.1 Å². The molecule has 5 rings (SSSR count). The molecular weight excluding hydrogens is 578 g/mol. The smallest absolute Gasteiger partial charge is 0.243 e. The summed E-state index contributed by atoms with van der Waals surface area (Å²) in [5.74, 6) is 0.689. The maximum atomic E-state index is 14.1. The van der Waals surface area contributed by atoms with Crippen molar-refractivity contribution in [3.63, 3.8) is 0 Å². The van der Waals surface area contributed by atoms with Crippen molar-refractivity contribution >= 4 is 27.5 Å². The van der Waals surface area contributed by atoms with Crippen molar-refractivity contribution in [3.8, 4) is 11.5 Å². The number of ether oxygens (including phenoxy) is 2. The molecule has 234 valence electrons. The number of aryl methyl sites for hydroxylation is 1. The molecule has 3 aromatic carbocycles. The number of carbonyl (C=O) groups excluding carboxylic acids is 2. The predicted octanol–water partition coefficient (Wildman–Crippen LogP) is 4.97. The number of anilines is 1. The molecule has 1 N–H and O–H groups in total. The van der Waals surface area contributed by atoms with Crippen LogP contribution in [0.1, 0.15) is 55.2 Å². The van der Waals surface area contributed by atoms with Crippen LogP contribution in [0.2, 0.25) is 0 Å². The van der Waals surface area contributed by atoms with Gasteiger partial charge in [0.2, 0.25) is 28.6 Å². The number of nitrogens with zero attached hydrogens (tertiary/aromatic N) is 2. The van der Waals surface area contributed by atoms with Crippen molar-refractivity contribution < 1.29 is 27.5 Å². The van der Waals surface area contributed by atoms with E-state index in [1.165, 1.54) is 4.31 Å². The highest BCUT2D eigenvalue weighted by molar-refractivity contribution is 7.92. The molecule has 0 bridgehead atoms. The summed E-state index contributed by atoms with van der Waals surface area (Å²) >= 11 is 0. The fourth-order valence-electron chi connectivity index (χ4n) is 5.94. The number of hydrogen-bond acceptors (Lipinski definition) is 6. The van der Waals surface area contributed by atoms with E-state index in [2.05, 4.69) is 5.32 Å². The van der Waals surface area contributed by atoms with E-state index in [9.17, 15) is 18.0 Å². The van der Waals surface area contributed by atoms with E-state index < -0.39 is 16.1 Å². The van der Waals surface area contributed by atoms with Gasteiger partial charge in [-0.25, -0.2) is 8.42 Å². The minimum Gasteiger partial charge on any atom is -0.454 e. The second-order valence-electron chi connectivity index (χ2n) is 11.6. The molecule has 0 unspecified atom stereocenters. The number of fused-ring (bicyclic) bond motifs is 1. The average Bonchev–Trinajstić information content (AvgIpc) is 3.69. The van der Waals surface area contributed by atoms with Gasteiger partial charge >= 0.3 is 0 Å². The molecule has 1 atom stereocenters. The lowest BCUT2D eigenvalue weighted by Crippen LogP contribution is -2.52. The highest BCUT2D eigenvalue weighted by atomic mass is 32.2. The molecule has 0 spiro atoms. The van der Waals surface area contributed by atoms with Gasteiger partial charge in [0.05, 0.1) is 11.9 Å². The molecule has 3 aromatic rings. The maximum Gasteiger partial charge on any atom is 0.243 e. The van der Waals surface area contributed by atoms with Gasteiger partial charge in [-0.2, -0.15) is 0 Å². The van der Waals surface area contributed by atoms with Crippen LogP contribution in [0.5, 0.6) is 11.5 Å². The summed E-state index contributed by atoms with van der Waals surface area (Å²) in [6.07, 6.45) is 5.92. The third-order valence-corrected chi connectivity index (χ3v) is 9.56. The zero-order valence-electron chi connectivity index (χ0n) is 25.4. The maximum absolute atomic E-state index is 14.1. The first-order valence-electron chi connectivity index (χ1n) is 15.2. The van der Waals surface area contributed by atoms with E-state index in [0.717, 1.165) is 48.6 Å². The van der Waals surface area contributed by atoms with Crippen LogP contribution in [-0.4, -0.2) is 56.8 Å². The summed E-state index contributed by atoms with van der Waals surface area (Å²) in [7, 11) is -3.64. The van der Waals surface area contributed by atoms with Gasteiger partial charge in [0.25, 0.3) is 0 Å². The number of amides is 2. The Kier molecular flexibility index (Phi) is 10.1. The van der Waals surface area contributed by atoms with Crippen LogP contribution in [0.3, 0.4) is 0 Å². The SMILES string of the molecule is Cc1ccccc1CN(C(=O)CCCN(c1ccc2c(c1)OCO2)S(C)(=O)=O)[C@@H](Cc1ccccc1)C(=O)NC1CCCC1. The van der Waals surface area contributed by atoms with Crippen molar-refractivity contribution in [2.45, 2.75) is 70.5 Å². The molecular formula is C34H41N3O6S. The van der Waals surface area contributed by atoms with E-state index >= 15 is 0 Å². The fraction of sp³-hybridized carbons (Fsp3) is 0.412. The van der Waals surface area contributed by atoms with Gasteiger partial charge in [-0.1, -0.05) is 67.4 Å². The van der Waals surface area contributed by atoms with Crippen molar-refractivity contribution in [3.05, 3.63) is 89.5 Å². The molecule has 0 aromatic heterocycles. The third kappa shape index (κ3) is 7.91. The summed E-state index contributed by atoms with van der Waals surface area (Å²) in [6.45, 7) is 2.46. The second-order valence-corrected chi connectivity index (χ2v) is 13.5. The first-order valence-corrected chi connectivity index (χ1v) is 17.1. The molecule has 1 saturated carbocycles. The van der Waals surface area contributed by atoms with Crippen LogP contribution in [0.15, 0.2) is 72.8 Å². The zero-order valence-corrected chi connectivity index (χ0v) is 26.2. The Morgan fingerprint density at radius 1 is 0.955 bits per heavy atom. The number of benzene rings is 3. The predicted molar refractivity (Wildman–Crippen MR) is 170 cm³/mol. The summed E-state index contributed by atoms with van der Waals surface area (Å²) in [5.41, 5.74) is 3.41. The molecule has 44 heavy (non-hydrogen) atoms. The van der Waals surface area contributed by atoms with Crippen molar-refractivity contribution in [2.75, 3.05) is 23.9 Å². The van der Waals surface area contributed by atoms with Gasteiger partial charge < -0.3 is 19.7 Å². The lowest BCUT2D eigenvalue weighted by atomic mass is 10.0. The molecule has 1 heterocycles. The second kappa shape index (κ2) is 14.2. The Morgan fingerprint density at radius 2 is 1.66 bits per heavy atom. The summed E-state index contributed by atoms with van der Waals surface area (Å²) < 4.78 is 37.7. The Hall–Kier alpha value is -4.05.